The number of rotatable bonds is 16. The number of azo groups is 2. The summed E-state index contributed by atoms with van der Waals surface area (Å²) >= 11 is 0. The molecule has 2 unspecified atom stereocenters. The molecule has 0 N–H and O–H groups in total. The van der Waals surface area contributed by atoms with E-state index in [1.807, 2.05) is 74.5 Å². The molecule has 2 aliphatic heterocycles. The molecule has 3 aromatic carbocycles. The quantitative estimate of drug-likeness (QED) is 0.0658. The normalized spacial score (nSPS) is 17.8. The fraction of sp³-hybridized carbons (Fsp3) is 0.368. The monoisotopic (exact) mass is 650 g/mol. The second kappa shape index (κ2) is 16.6. The van der Waals surface area contributed by atoms with Gasteiger partial charge in [-0.1, -0.05) is 13.2 Å². The van der Waals surface area contributed by atoms with Crippen LogP contribution in [-0.4, -0.2) is 37.4 Å². The van der Waals surface area contributed by atoms with E-state index in [0.29, 0.717) is 48.6 Å². The molecule has 2 fully saturated rings. The first-order valence-corrected chi connectivity index (χ1v) is 16.4. The summed E-state index contributed by atoms with van der Waals surface area (Å²) in [6.07, 6.45) is 6.39. The predicted molar refractivity (Wildman–Crippen MR) is 183 cm³/mol. The third-order valence-corrected chi connectivity index (χ3v) is 8.18. The molecule has 0 spiro atoms. The Morgan fingerprint density at radius 3 is 1.40 bits per heavy atom. The van der Waals surface area contributed by atoms with Crippen molar-refractivity contribution in [3.8, 4) is 11.5 Å². The molecule has 3 aromatic rings. The number of carbonyl (C=O) groups is 2. The SMILES string of the molecule is C=C1CC(CCCCOc2ccc(N=Nc3ccc(N=Nc4ccc(OCCCCC5CC(=C)C(=O)O5)cc4C)cc3)c(C)c2)OC1=O. The maximum atomic E-state index is 11.4. The van der Waals surface area contributed by atoms with Gasteiger partial charge < -0.3 is 18.9 Å². The van der Waals surface area contributed by atoms with Gasteiger partial charge in [-0.05, 0) is 124 Å². The highest BCUT2D eigenvalue weighted by Crippen LogP contribution is 2.30. The average molecular weight is 651 g/mol. The standard InChI is InChI=1S/C38H42N4O6/c1-25-21-31(45-19-7-5-9-33-23-27(3)37(43)47-33)15-17-35(25)41-39-29-11-13-30(14-12-29)40-42-36-18-16-32(22-26(36)2)46-20-8-6-10-34-24-28(4)38(44)48-34/h11-18,21-22,33-34H,3-10,19-20,23-24H2,1-2H3. The van der Waals surface area contributed by atoms with Crippen LogP contribution >= 0.6 is 0 Å². The fourth-order valence-corrected chi connectivity index (χ4v) is 5.39. The lowest BCUT2D eigenvalue weighted by Gasteiger charge is -2.10. The smallest absolute Gasteiger partial charge is 0.333 e. The maximum Gasteiger partial charge on any atom is 0.333 e. The Balaban J connectivity index is 1.02. The summed E-state index contributed by atoms with van der Waals surface area (Å²) in [6.45, 7) is 12.6. The van der Waals surface area contributed by atoms with Crippen molar-refractivity contribution in [2.45, 2.75) is 77.4 Å². The van der Waals surface area contributed by atoms with E-state index in [9.17, 15) is 9.59 Å². The molecule has 5 rings (SSSR count). The van der Waals surface area contributed by atoms with Gasteiger partial charge in [0.15, 0.2) is 0 Å². The molecule has 2 aliphatic rings. The van der Waals surface area contributed by atoms with Gasteiger partial charge in [-0.25, -0.2) is 9.59 Å². The minimum Gasteiger partial charge on any atom is -0.494 e. The van der Waals surface area contributed by atoms with Gasteiger partial charge in [0, 0.05) is 24.0 Å². The zero-order valence-electron chi connectivity index (χ0n) is 27.7. The molecule has 0 amide bonds. The molecule has 250 valence electrons. The Bertz CT molecular complexity index is 1540. The number of cyclic esters (lactones) is 2. The average Bonchev–Trinajstić information content (AvgIpc) is 3.57. The van der Waals surface area contributed by atoms with E-state index in [0.717, 1.165) is 72.5 Å². The number of aryl methyl sites for hydroxylation is 2. The van der Waals surface area contributed by atoms with Crippen molar-refractivity contribution in [1.29, 1.82) is 0 Å². The molecular weight excluding hydrogens is 608 g/mol. The number of hydrogen-bond donors (Lipinski definition) is 0. The molecule has 0 radical (unpaired) electrons. The van der Waals surface area contributed by atoms with Crippen LogP contribution in [0.15, 0.2) is 105 Å². The number of nitrogens with zero attached hydrogens (tertiary/aromatic N) is 4. The van der Waals surface area contributed by atoms with Crippen LogP contribution in [0.5, 0.6) is 11.5 Å². The number of ether oxygens (including phenoxy) is 4. The zero-order chi connectivity index (χ0) is 33.9. The van der Waals surface area contributed by atoms with Crippen LogP contribution in [0.3, 0.4) is 0 Å². The Hall–Kier alpha value is -5.12. The first kappa shape index (κ1) is 34.2. The van der Waals surface area contributed by atoms with E-state index >= 15 is 0 Å². The Morgan fingerprint density at radius 2 is 1.04 bits per heavy atom. The molecule has 0 aliphatic carbocycles. The van der Waals surface area contributed by atoms with Crippen LogP contribution < -0.4 is 9.47 Å². The van der Waals surface area contributed by atoms with Gasteiger partial charge in [-0.3, -0.25) is 0 Å². The van der Waals surface area contributed by atoms with E-state index in [2.05, 4.69) is 33.6 Å². The van der Waals surface area contributed by atoms with Gasteiger partial charge in [0.2, 0.25) is 0 Å². The Morgan fingerprint density at radius 1 is 0.625 bits per heavy atom. The highest BCUT2D eigenvalue weighted by atomic mass is 16.6. The first-order valence-electron chi connectivity index (χ1n) is 16.4. The number of benzene rings is 3. The minimum atomic E-state index is -0.272. The summed E-state index contributed by atoms with van der Waals surface area (Å²) < 4.78 is 22.3. The van der Waals surface area contributed by atoms with Crippen molar-refractivity contribution in [3.05, 3.63) is 96.1 Å². The Kier molecular flexibility index (Phi) is 11.9. The number of esters is 2. The summed E-state index contributed by atoms with van der Waals surface area (Å²) in [5, 5.41) is 17.6. The van der Waals surface area contributed by atoms with Crippen LogP contribution in [0.25, 0.3) is 0 Å². The lowest BCUT2D eigenvalue weighted by atomic mass is 10.1. The van der Waals surface area contributed by atoms with Crippen LogP contribution in [0.4, 0.5) is 22.7 Å². The van der Waals surface area contributed by atoms with Crippen molar-refractivity contribution in [2.24, 2.45) is 20.5 Å². The number of hydrogen-bond acceptors (Lipinski definition) is 10. The van der Waals surface area contributed by atoms with Crippen LogP contribution in [0.1, 0.15) is 62.5 Å². The van der Waals surface area contributed by atoms with Crippen LogP contribution in [-0.2, 0) is 19.1 Å². The van der Waals surface area contributed by atoms with Crippen LogP contribution in [0.2, 0.25) is 0 Å². The van der Waals surface area contributed by atoms with Crippen LogP contribution in [0, 0.1) is 13.8 Å². The van der Waals surface area contributed by atoms with Gasteiger partial charge in [-0.2, -0.15) is 20.5 Å². The van der Waals surface area contributed by atoms with Gasteiger partial charge >= 0.3 is 11.9 Å². The Labute approximate surface area is 281 Å². The summed E-state index contributed by atoms with van der Waals surface area (Å²) in [6, 6.07) is 18.9. The molecule has 10 nitrogen and oxygen atoms in total. The minimum absolute atomic E-state index is 0.0470. The summed E-state index contributed by atoms with van der Waals surface area (Å²) in [4.78, 5) is 22.9. The van der Waals surface area contributed by atoms with E-state index < -0.39 is 0 Å². The van der Waals surface area contributed by atoms with Crippen molar-refractivity contribution >= 4 is 34.7 Å². The lowest BCUT2D eigenvalue weighted by molar-refractivity contribution is -0.140. The van der Waals surface area contributed by atoms with E-state index in [1.54, 1.807) is 0 Å². The molecule has 0 bridgehead atoms. The zero-order valence-corrected chi connectivity index (χ0v) is 27.7. The number of carbonyl (C=O) groups excluding carboxylic acids is 2. The summed E-state index contributed by atoms with van der Waals surface area (Å²) in [5.41, 5.74) is 5.99. The predicted octanol–water partition coefficient (Wildman–Crippen LogP) is 9.98. The summed E-state index contributed by atoms with van der Waals surface area (Å²) in [5.74, 6) is 1.03. The van der Waals surface area contributed by atoms with Gasteiger partial charge in [0.05, 0.1) is 36.0 Å². The summed E-state index contributed by atoms with van der Waals surface area (Å²) in [7, 11) is 0. The number of unbranched alkanes of at least 4 members (excludes halogenated alkanes) is 2. The van der Waals surface area contributed by atoms with E-state index in [1.165, 1.54) is 0 Å². The lowest BCUT2D eigenvalue weighted by Crippen LogP contribution is -2.07. The maximum absolute atomic E-state index is 11.4. The van der Waals surface area contributed by atoms with Crippen molar-refractivity contribution < 1.29 is 28.5 Å². The highest BCUT2D eigenvalue weighted by molar-refractivity contribution is 5.90. The molecule has 2 saturated heterocycles. The molecule has 0 aromatic heterocycles. The molecule has 48 heavy (non-hydrogen) atoms. The fourth-order valence-electron chi connectivity index (χ4n) is 5.39. The molecular formula is C38H42N4O6. The van der Waals surface area contributed by atoms with Crippen molar-refractivity contribution in [2.75, 3.05) is 13.2 Å². The van der Waals surface area contributed by atoms with Gasteiger partial charge in [-0.15, -0.1) is 0 Å². The second-order valence-electron chi connectivity index (χ2n) is 12.2. The molecule has 2 atom stereocenters. The van der Waals surface area contributed by atoms with Gasteiger partial charge in [0.25, 0.3) is 0 Å². The molecule has 2 heterocycles. The molecule has 0 saturated carbocycles. The van der Waals surface area contributed by atoms with E-state index in [4.69, 9.17) is 18.9 Å². The third-order valence-electron chi connectivity index (χ3n) is 8.18. The molecule has 10 heteroatoms. The van der Waals surface area contributed by atoms with Crippen molar-refractivity contribution in [3.63, 3.8) is 0 Å². The first-order chi connectivity index (χ1) is 23.2. The second-order valence-corrected chi connectivity index (χ2v) is 12.2. The van der Waals surface area contributed by atoms with E-state index in [-0.39, 0.29) is 24.1 Å². The third kappa shape index (κ3) is 9.94. The van der Waals surface area contributed by atoms with Crippen molar-refractivity contribution in [1.82, 2.24) is 0 Å². The largest absolute Gasteiger partial charge is 0.494 e. The topological polar surface area (TPSA) is 120 Å². The van der Waals surface area contributed by atoms with Gasteiger partial charge in [0.1, 0.15) is 23.7 Å². The highest BCUT2D eigenvalue weighted by Gasteiger charge is 2.27.